The van der Waals surface area contributed by atoms with Gasteiger partial charge in [-0.05, 0) is 11.6 Å². The molecule has 6 heteroatoms. The lowest BCUT2D eigenvalue weighted by molar-refractivity contribution is 0.140. The fraction of sp³-hybridized carbons (Fsp3) is 0.250. The zero-order valence-electron chi connectivity index (χ0n) is 6.99. The number of halogens is 4. The van der Waals surface area contributed by atoms with Gasteiger partial charge in [0.05, 0.1) is 6.61 Å². The van der Waals surface area contributed by atoms with E-state index in [1.54, 1.807) is 0 Å². The third-order valence-corrected chi connectivity index (χ3v) is 2.01. The summed E-state index contributed by atoms with van der Waals surface area (Å²) in [6, 6.07) is 0.819. The van der Waals surface area contributed by atoms with Gasteiger partial charge in [-0.25, -0.2) is 19.1 Å². The van der Waals surface area contributed by atoms with Gasteiger partial charge in [-0.15, -0.1) is 0 Å². The molecule has 0 amide bonds. The highest BCUT2D eigenvalue weighted by molar-refractivity contribution is 6.30. The summed E-state index contributed by atoms with van der Waals surface area (Å²) in [4.78, 5) is 4.17. The maximum Gasteiger partial charge on any atom is 0.180 e. The van der Waals surface area contributed by atoms with Crippen molar-refractivity contribution < 1.29 is 18.0 Å². The molecule has 0 radical (unpaired) electrons. The molecular weight excluding hydrogens is 219 g/mol. The zero-order valence-corrected chi connectivity index (χ0v) is 7.74. The highest BCUT2D eigenvalue weighted by Crippen LogP contribution is 2.24. The number of rotatable bonds is 3. The molecule has 2 nitrogen and oxygen atoms in total. The fourth-order valence-corrected chi connectivity index (χ4v) is 1.11. The van der Waals surface area contributed by atoms with E-state index < -0.39 is 22.5 Å². The summed E-state index contributed by atoms with van der Waals surface area (Å²) in [5.74, 6) is 1.13. The van der Waals surface area contributed by atoms with E-state index in [-0.39, 0.29) is 18.6 Å². The molecule has 2 N–H and O–H groups in total. The summed E-state index contributed by atoms with van der Waals surface area (Å²) in [6.07, 6.45) is -0.0205. The van der Waals surface area contributed by atoms with Crippen LogP contribution in [0.4, 0.5) is 13.2 Å². The Morgan fingerprint density at radius 3 is 2.50 bits per heavy atom. The van der Waals surface area contributed by atoms with Crippen LogP contribution in [0.3, 0.4) is 0 Å². The van der Waals surface area contributed by atoms with Gasteiger partial charge < -0.3 is 4.84 Å². The van der Waals surface area contributed by atoms with Crippen molar-refractivity contribution in [2.45, 2.75) is 6.42 Å². The van der Waals surface area contributed by atoms with E-state index in [9.17, 15) is 13.2 Å². The normalized spacial score (nSPS) is 10.6. The molecule has 0 spiro atoms. The molecule has 0 fully saturated rings. The van der Waals surface area contributed by atoms with Gasteiger partial charge in [0, 0.05) is 6.42 Å². The molecule has 78 valence electrons. The minimum atomic E-state index is -1.39. The van der Waals surface area contributed by atoms with Crippen LogP contribution in [0.5, 0.6) is 0 Å². The molecule has 0 saturated carbocycles. The predicted molar refractivity (Wildman–Crippen MR) is 45.2 cm³/mol. The minimum Gasteiger partial charge on any atom is -0.304 e. The average molecular weight is 226 g/mol. The number of benzene rings is 1. The van der Waals surface area contributed by atoms with Crippen LogP contribution in [0.25, 0.3) is 0 Å². The summed E-state index contributed by atoms with van der Waals surface area (Å²) in [6.45, 7) is -0.0303. The Hall–Kier alpha value is -0.780. The molecule has 0 heterocycles. The van der Waals surface area contributed by atoms with Gasteiger partial charge in [0.15, 0.2) is 11.6 Å². The van der Waals surface area contributed by atoms with E-state index in [0.29, 0.717) is 0 Å². The van der Waals surface area contributed by atoms with E-state index in [2.05, 4.69) is 4.84 Å². The molecule has 0 atom stereocenters. The SMILES string of the molecule is NOCCc1cc(F)c(Cl)c(F)c1F. The molecule has 0 saturated heterocycles. The lowest BCUT2D eigenvalue weighted by atomic mass is 10.1. The van der Waals surface area contributed by atoms with Crippen LogP contribution in [-0.4, -0.2) is 6.61 Å². The van der Waals surface area contributed by atoms with Gasteiger partial charge in [-0.2, -0.15) is 0 Å². The predicted octanol–water partition coefficient (Wildman–Crippen LogP) is 2.19. The minimum absolute atomic E-state index is 0.0205. The van der Waals surface area contributed by atoms with Gasteiger partial charge in [0.25, 0.3) is 0 Å². The van der Waals surface area contributed by atoms with Crippen LogP contribution >= 0.6 is 11.6 Å². The third kappa shape index (κ3) is 2.17. The van der Waals surface area contributed by atoms with Crippen molar-refractivity contribution in [2.75, 3.05) is 6.61 Å². The van der Waals surface area contributed by atoms with Crippen LogP contribution in [0.15, 0.2) is 6.07 Å². The molecule has 1 aromatic carbocycles. The van der Waals surface area contributed by atoms with Crippen molar-refractivity contribution in [3.63, 3.8) is 0 Å². The Bertz CT molecular complexity index is 346. The lowest BCUT2D eigenvalue weighted by Gasteiger charge is -2.05. The second-order valence-electron chi connectivity index (χ2n) is 2.58. The third-order valence-electron chi connectivity index (χ3n) is 1.67. The molecular formula is C8H7ClF3NO. The van der Waals surface area contributed by atoms with E-state index in [1.807, 2.05) is 0 Å². The summed E-state index contributed by atoms with van der Waals surface area (Å²) in [5.41, 5.74) is -0.158. The molecule has 0 unspecified atom stereocenters. The van der Waals surface area contributed by atoms with Crippen LogP contribution < -0.4 is 5.90 Å². The summed E-state index contributed by atoms with van der Waals surface area (Å²) < 4.78 is 38.7. The van der Waals surface area contributed by atoms with Crippen LogP contribution in [0, 0.1) is 17.5 Å². The first-order valence-corrected chi connectivity index (χ1v) is 4.09. The largest absolute Gasteiger partial charge is 0.304 e. The van der Waals surface area contributed by atoms with Crippen LogP contribution in [0.1, 0.15) is 5.56 Å². The van der Waals surface area contributed by atoms with Gasteiger partial charge in [0.1, 0.15) is 10.8 Å². The van der Waals surface area contributed by atoms with E-state index in [1.165, 1.54) is 0 Å². The first kappa shape index (κ1) is 11.3. The number of hydrogen-bond acceptors (Lipinski definition) is 2. The first-order chi connectivity index (χ1) is 6.57. The Morgan fingerprint density at radius 2 is 1.93 bits per heavy atom. The highest BCUT2D eigenvalue weighted by Gasteiger charge is 2.16. The molecule has 1 aromatic rings. The van der Waals surface area contributed by atoms with E-state index >= 15 is 0 Å². The molecule has 0 aliphatic rings. The molecule has 14 heavy (non-hydrogen) atoms. The quantitative estimate of drug-likeness (QED) is 0.486. The topological polar surface area (TPSA) is 35.2 Å². The van der Waals surface area contributed by atoms with E-state index in [0.717, 1.165) is 6.07 Å². The van der Waals surface area contributed by atoms with E-state index in [4.69, 9.17) is 17.5 Å². The Labute approximate surface area is 83.4 Å². The highest BCUT2D eigenvalue weighted by atomic mass is 35.5. The maximum absolute atomic E-state index is 13.0. The van der Waals surface area contributed by atoms with Gasteiger partial charge >= 0.3 is 0 Å². The van der Waals surface area contributed by atoms with Crippen molar-refractivity contribution in [1.82, 2.24) is 0 Å². The summed E-state index contributed by atoms with van der Waals surface area (Å²) in [7, 11) is 0. The molecule has 1 rings (SSSR count). The summed E-state index contributed by atoms with van der Waals surface area (Å²) >= 11 is 5.14. The van der Waals surface area contributed by atoms with Crippen molar-refractivity contribution >= 4 is 11.6 Å². The van der Waals surface area contributed by atoms with Gasteiger partial charge in [0.2, 0.25) is 0 Å². The Kier molecular flexibility index (Phi) is 3.74. The van der Waals surface area contributed by atoms with Crippen molar-refractivity contribution in [3.05, 3.63) is 34.1 Å². The number of nitrogens with two attached hydrogens (primary N) is 1. The first-order valence-electron chi connectivity index (χ1n) is 3.71. The monoisotopic (exact) mass is 225 g/mol. The molecule has 0 aromatic heterocycles. The smallest absolute Gasteiger partial charge is 0.180 e. The number of hydrogen-bond donors (Lipinski definition) is 1. The Balaban J connectivity index is 3.06. The zero-order chi connectivity index (χ0) is 10.7. The molecule has 0 aliphatic heterocycles. The van der Waals surface area contributed by atoms with Crippen molar-refractivity contribution in [2.24, 2.45) is 5.90 Å². The average Bonchev–Trinajstić information content (AvgIpc) is 2.18. The van der Waals surface area contributed by atoms with Gasteiger partial charge in [-0.1, -0.05) is 11.6 Å². The molecule has 0 aliphatic carbocycles. The Morgan fingerprint density at radius 1 is 1.29 bits per heavy atom. The van der Waals surface area contributed by atoms with Crippen LogP contribution in [-0.2, 0) is 11.3 Å². The second kappa shape index (κ2) is 4.63. The molecule has 0 bridgehead atoms. The fourth-order valence-electron chi connectivity index (χ4n) is 0.973. The lowest BCUT2D eigenvalue weighted by Crippen LogP contribution is -2.06. The second-order valence-corrected chi connectivity index (χ2v) is 2.96. The van der Waals surface area contributed by atoms with Crippen LogP contribution in [0.2, 0.25) is 5.02 Å². The standard InChI is InChI=1S/C8H7ClF3NO/c9-6-5(10)3-4(1-2-14-13)7(11)8(6)12/h3H,1-2,13H2. The van der Waals surface area contributed by atoms with Crippen molar-refractivity contribution in [3.8, 4) is 0 Å². The summed E-state index contributed by atoms with van der Waals surface area (Å²) in [5, 5.41) is -0.847. The maximum atomic E-state index is 13.0. The van der Waals surface area contributed by atoms with Gasteiger partial charge in [-0.3, -0.25) is 0 Å². The van der Waals surface area contributed by atoms with Crippen molar-refractivity contribution in [1.29, 1.82) is 0 Å².